The lowest BCUT2D eigenvalue weighted by molar-refractivity contribution is -0.137. The smallest absolute Gasteiger partial charge is 0.330 e. The molecular formula is C12H11F4NO2. The quantitative estimate of drug-likeness (QED) is 0.389. The van der Waals surface area contributed by atoms with E-state index in [-0.39, 0.29) is 19.2 Å². The average molecular weight is 277 g/mol. The number of carbonyl (C=O) groups is 1. The van der Waals surface area contributed by atoms with Gasteiger partial charge in [-0.05, 0) is 6.92 Å². The van der Waals surface area contributed by atoms with E-state index in [1.54, 1.807) is 6.92 Å². The molecule has 0 amide bonds. The Labute approximate surface area is 106 Å². The molecule has 0 heterocycles. The van der Waals surface area contributed by atoms with Gasteiger partial charge in [-0.1, -0.05) is 6.08 Å². The van der Waals surface area contributed by atoms with Crippen LogP contribution in [-0.2, 0) is 9.53 Å². The van der Waals surface area contributed by atoms with Gasteiger partial charge in [0.1, 0.15) is 5.69 Å². The van der Waals surface area contributed by atoms with Gasteiger partial charge >= 0.3 is 5.97 Å². The number of nitrogens with one attached hydrogen (secondary N) is 1. The zero-order valence-electron chi connectivity index (χ0n) is 9.97. The monoisotopic (exact) mass is 277 g/mol. The summed E-state index contributed by atoms with van der Waals surface area (Å²) in [4.78, 5) is 10.9. The van der Waals surface area contributed by atoms with Gasteiger partial charge in [0.2, 0.25) is 0 Å². The predicted octanol–water partition coefficient (Wildman–Crippen LogP) is 2.77. The lowest BCUT2D eigenvalue weighted by Gasteiger charge is -2.07. The molecule has 3 nitrogen and oxygen atoms in total. The van der Waals surface area contributed by atoms with Crippen molar-refractivity contribution in [2.24, 2.45) is 0 Å². The molecule has 7 heteroatoms. The first-order valence-corrected chi connectivity index (χ1v) is 5.37. The third-order valence-electron chi connectivity index (χ3n) is 2.05. The molecule has 19 heavy (non-hydrogen) atoms. The van der Waals surface area contributed by atoms with Crippen molar-refractivity contribution in [3.8, 4) is 0 Å². The second-order valence-electron chi connectivity index (χ2n) is 3.38. The van der Waals surface area contributed by atoms with Gasteiger partial charge < -0.3 is 10.1 Å². The number of carbonyl (C=O) groups excluding carboxylic acids is 1. The molecule has 0 saturated heterocycles. The highest BCUT2D eigenvalue weighted by Gasteiger charge is 2.18. The third kappa shape index (κ3) is 3.97. The fourth-order valence-corrected chi connectivity index (χ4v) is 1.23. The van der Waals surface area contributed by atoms with Crippen LogP contribution in [0.5, 0.6) is 0 Å². The molecule has 104 valence electrons. The van der Waals surface area contributed by atoms with Crippen LogP contribution >= 0.6 is 0 Å². The minimum absolute atomic E-state index is 0.115. The van der Waals surface area contributed by atoms with Crippen molar-refractivity contribution in [2.75, 3.05) is 18.5 Å². The van der Waals surface area contributed by atoms with E-state index in [9.17, 15) is 22.4 Å². The van der Waals surface area contributed by atoms with E-state index in [1.807, 2.05) is 0 Å². The van der Waals surface area contributed by atoms with E-state index >= 15 is 0 Å². The molecule has 1 rings (SSSR count). The van der Waals surface area contributed by atoms with Crippen LogP contribution in [0.25, 0.3) is 0 Å². The normalized spacial score (nSPS) is 10.8. The van der Waals surface area contributed by atoms with Gasteiger partial charge in [0, 0.05) is 18.7 Å². The Bertz CT molecular complexity index is 477. The summed E-state index contributed by atoms with van der Waals surface area (Å²) < 4.78 is 56.6. The number of halogens is 4. The van der Waals surface area contributed by atoms with Crippen molar-refractivity contribution in [2.45, 2.75) is 6.92 Å². The molecule has 0 fully saturated rings. The summed E-state index contributed by atoms with van der Waals surface area (Å²) in [7, 11) is 0. The summed E-state index contributed by atoms with van der Waals surface area (Å²) in [6, 6.07) is 0.115. The predicted molar refractivity (Wildman–Crippen MR) is 60.5 cm³/mol. The number of hydrogen-bond donors (Lipinski definition) is 1. The van der Waals surface area contributed by atoms with Crippen molar-refractivity contribution in [1.29, 1.82) is 0 Å². The Morgan fingerprint density at radius 2 is 1.84 bits per heavy atom. The highest BCUT2D eigenvalue weighted by molar-refractivity contribution is 5.81. The molecule has 0 saturated carbocycles. The molecule has 0 bridgehead atoms. The minimum Gasteiger partial charge on any atom is -0.463 e. The zero-order valence-corrected chi connectivity index (χ0v) is 9.97. The molecule has 0 aliphatic carbocycles. The van der Waals surface area contributed by atoms with Crippen molar-refractivity contribution >= 4 is 11.7 Å². The van der Waals surface area contributed by atoms with Crippen molar-refractivity contribution in [3.63, 3.8) is 0 Å². The highest BCUT2D eigenvalue weighted by Crippen LogP contribution is 2.23. The Balaban J connectivity index is 2.71. The molecule has 0 aromatic heterocycles. The lowest BCUT2D eigenvalue weighted by atomic mass is 10.2. The van der Waals surface area contributed by atoms with E-state index in [4.69, 9.17) is 0 Å². The first kappa shape index (κ1) is 15.0. The summed E-state index contributed by atoms with van der Waals surface area (Å²) in [5.41, 5.74) is -0.925. The van der Waals surface area contributed by atoms with Crippen LogP contribution in [0.15, 0.2) is 18.2 Å². The second-order valence-corrected chi connectivity index (χ2v) is 3.38. The van der Waals surface area contributed by atoms with Gasteiger partial charge in [0.15, 0.2) is 23.3 Å². The van der Waals surface area contributed by atoms with Crippen LogP contribution in [0.1, 0.15) is 6.92 Å². The maximum Gasteiger partial charge on any atom is 0.330 e. The Hall–Kier alpha value is -2.05. The minimum atomic E-state index is -1.52. The van der Waals surface area contributed by atoms with Crippen LogP contribution in [0, 0.1) is 23.3 Å². The van der Waals surface area contributed by atoms with Crippen LogP contribution in [0.4, 0.5) is 23.2 Å². The van der Waals surface area contributed by atoms with E-state index in [0.717, 1.165) is 6.08 Å². The van der Waals surface area contributed by atoms with E-state index < -0.39 is 34.9 Å². The molecule has 1 aromatic rings. The number of esters is 1. The fraction of sp³-hybridized carbons (Fsp3) is 0.250. The Morgan fingerprint density at radius 1 is 1.26 bits per heavy atom. The first-order valence-electron chi connectivity index (χ1n) is 5.37. The molecule has 1 aromatic carbocycles. The number of hydrogen-bond acceptors (Lipinski definition) is 3. The molecule has 0 spiro atoms. The van der Waals surface area contributed by atoms with Crippen molar-refractivity contribution in [1.82, 2.24) is 0 Å². The van der Waals surface area contributed by atoms with E-state index in [1.165, 1.54) is 6.08 Å². The Kier molecular flexibility index (Phi) is 5.35. The number of rotatable bonds is 5. The largest absolute Gasteiger partial charge is 0.463 e. The van der Waals surface area contributed by atoms with E-state index in [2.05, 4.69) is 10.1 Å². The summed E-state index contributed by atoms with van der Waals surface area (Å²) >= 11 is 0. The third-order valence-corrected chi connectivity index (χ3v) is 2.05. The van der Waals surface area contributed by atoms with Gasteiger partial charge in [-0.3, -0.25) is 0 Å². The molecule has 0 aliphatic heterocycles. The number of anilines is 1. The standard InChI is InChI=1S/C12H11F4NO2/c1-2-19-9(18)4-3-5-17-12-10(15)7(13)6-8(14)11(12)16/h3-4,6,17H,2,5H2,1H3/b4-3+. The van der Waals surface area contributed by atoms with Crippen molar-refractivity contribution < 1.29 is 27.1 Å². The van der Waals surface area contributed by atoms with Gasteiger partial charge in [-0.25, -0.2) is 22.4 Å². The molecule has 0 unspecified atom stereocenters. The average Bonchev–Trinajstić information content (AvgIpc) is 2.36. The lowest BCUT2D eigenvalue weighted by Crippen LogP contribution is -2.08. The van der Waals surface area contributed by atoms with Crippen molar-refractivity contribution in [3.05, 3.63) is 41.5 Å². The first-order chi connectivity index (χ1) is 8.97. The molecular weight excluding hydrogens is 266 g/mol. The fourth-order valence-electron chi connectivity index (χ4n) is 1.23. The molecule has 0 radical (unpaired) electrons. The molecule has 0 aliphatic rings. The summed E-state index contributed by atoms with van der Waals surface area (Å²) in [5, 5.41) is 2.14. The summed E-state index contributed by atoms with van der Waals surface area (Å²) in [6.07, 6.45) is 2.24. The SMILES string of the molecule is CCOC(=O)/C=C/CNc1c(F)c(F)cc(F)c1F. The molecule has 1 N–H and O–H groups in total. The van der Waals surface area contributed by atoms with E-state index in [0.29, 0.717) is 0 Å². The number of benzene rings is 1. The van der Waals surface area contributed by atoms with Gasteiger partial charge in [0.25, 0.3) is 0 Å². The maximum absolute atomic E-state index is 13.2. The van der Waals surface area contributed by atoms with Crippen LogP contribution < -0.4 is 5.32 Å². The maximum atomic E-state index is 13.2. The summed E-state index contributed by atoms with van der Waals surface area (Å²) in [6.45, 7) is 1.61. The summed E-state index contributed by atoms with van der Waals surface area (Å²) in [5.74, 6) is -6.69. The van der Waals surface area contributed by atoms with Crippen LogP contribution in [0.2, 0.25) is 0 Å². The number of ether oxygens (including phenoxy) is 1. The highest BCUT2D eigenvalue weighted by atomic mass is 19.2. The molecule has 0 atom stereocenters. The Morgan fingerprint density at radius 3 is 2.37 bits per heavy atom. The van der Waals surface area contributed by atoms with Crippen LogP contribution in [0.3, 0.4) is 0 Å². The van der Waals surface area contributed by atoms with Gasteiger partial charge in [0.05, 0.1) is 6.61 Å². The van der Waals surface area contributed by atoms with Gasteiger partial charge in [-0.2, -0.15) is 0 Å². The van der Waals surface area contributed by atoms with Gasteiger partial charge in [-0.15, -0.1) is 0 Å². The topological polar surface area (TPSA) is 38.3 Å². The second kappa shape index (κ2) is 6.77. The zero-order chi connectivity index (χ0) is 14.4. The van der Waals surface area contributed by atoms with Crippen LogP contribution in [-0.4, -0.2) is 19.1 Å².